The third-order valence-electron chi connectivity index (χ3n) is 2.79. The number of aryl methyl sites for hydroxylation is 2. The monoisotopic (exact) mass is 267 g/mol. The maximum absolute atomic E-state index is 12.3. The maximum Gasteiger partial charge on any atom is 0.289 e. The highest BCUT2D eigenvalue weighted by molar-refractivity contribution is 6.03. The van der Waals surface area contributed by atoms with Crippen LogP contribution in [-0.2, 0) is 0 Å². The number of carbonyl (C=O) groups excluding carboxylic acids is 1. The van der Waals surface area contributed by atoms with Gasteiger partial charge in [-0.05, 0) is 32.1 Å². The largest absolute Gasteiger partial charge is 0.507 e. The Bertz CT molecular complexity index is 736. The number of aromatic nitrogens is 2. The van der Waals surface area contributed by atoms with E-state index in [1.807, 2.05) is 6.07 Å². The number of phenols is 1. The summed E-state index contributed by atoms with van der Waals surface area (Å²) in [7, 11) is 0. The van der Waals surface area contributed by atoms with Crippen LogP contribution in [0.25, 0.3) is 6.08 Å². The quantitative estimate of drug-likeness (QED) is 0.669. The number of phenolic OH excluding ortho intramolecular Hbond substituents is 1. The summed E-state index contributed by atoms with van der Waals surface area (Å²) in [5.74, 6) is -0.497. The molecule has 1 N–H and O–H groups in total. The molecule has 0 saturated heterocycles. The summed E-state index contributed by atoms with van der Waals surface area (Å²) in [6.45, 7) is 3.52. The highest BCUT2D eigenvalue weighted by Crippen LogP contribution is 2.19. The molecule has 0 aliphatic rings. The molecule has 0 atom stereocenters. The van der Waals surface area contributed by atoms with Crippen molar-refractivity contribution in [3.05, 3.63) is 52.9 Å². The fraction of sp³-hybridized carbons (Fsp3) is 0.133. The van der Waals surface area contributed by atoms with Gasteiger partial charge in [-0.15, -0.1) is 0 Å². The molecule has 20 heavy (non-hydrogen) atoms. The highest BCUT2D eigenvalue weighted by Gasteiger charge is 2.15. The zero-order valence-electron chi connectivity index (χ0n) is 11.2. The lowest BCUT2D eigenvalue weighted by Crippen LogP contribution is -2.15. The predicted molar refractivity (Wildman–Crippen MR) is 74.0 cm³/mol. The average molecular weight is 267 g/mol. The SMILES string of the molecule is Cc1cc(C)n(C(=O)/C(C#N)=C/c2ccccc2O)n1. The van der Waals surface area contributed by atoms with Gasteiger partial charge in [-0.3, -0.25) is 4.79 Å². The van der Waals surface area contributed by atoms with E-state index in [1.165, 1.54) is 16.8 Å². The number of hydrogen-bond donors (Lipinski definition) is 1. The molecule has 1 aromatic heterocycles. The van der Waals surface area contributed by atoms with Crippen molar-refractivity contribution in [2.45, 2.75) is 13.8 Å². The Morgan fingerprint density at radius 1 is 1.40 bits per heavy atom. The van der Waals surface area contributed by atoms with Crippen molar-refractivity contribution in [2.24, 2.45) is 0 Å². The Balaban J connectivity index is 2.44. The first-order valence-corrected chi connectivity index (χ1v) is 6.00. The van der Waals surface area contributed by atoms with Gasteiger partial charge in [-0.1, -0.05) is 18.2 Å². The first kappa shape index (κ1) is 13.6. The van der Waals surface area contributed by atoms with Gasteiger partial charge in [-0.2, -0.15) is 10.4 Å². The van der Waals surface area contributed by atoms with Crippen molar-refractivity contribution in [1.82, 2.24) is 9.78 Å². The lowest BCUT2D eigenvalue weighted by atomic mass is 10.1. The van der Waals surface area contributed by atoms with E-state index in [-0.39, 0.29) is 11.3 Å². The van der Waals surface area contributed by atoms with Crippen molar-refractivity contribution in [1.29, 1.82) is 5.26 Å². The molecule has 1 aromatic carbocycles. The minimum atomic E-state index is -0.513. The fourth-order valence-corrected chi connectivity index (χ4v) is 1.86. The van der Waals surface area contributed by atoms with Crippen LogP contribution < -0.4 is 0 Å². The summed E-state index contributed by atoms with van der Waals surface area (Å²) in [4.78, 5) is 12.3. The van der Waals surface area contributed by atoms with E-state index in [4.69, 9.17) is 5.26 Å². The van der Waals surface area contributed by atoms with Gasteiger partial charge in [0.2, 0.25) is 0 Å². The van der Waals surface area contributed by atoms with Gasteiger partial charge in [0.15, 0.2) is 0 Å². The van der Waals surface area contributed by atoms with E-state index in [2.05, 4.69) is 5.10 Å². The first-order chi connectivity index (χ1) is 9.52. The Morgan fingerprint density at radius 2 is 2.10 bits per heavy atom. The minimum Gasteiger partial charge on any atom is -0.507 e. The Hall–Kier alpha value is -2.87. The van der Waals surface area contributed by atoms with Crippen molar-refractivity contribution in [3.63, 3.8) is 0 Å². The summed E-state index contributed by atoms with van der Waals surface area (Å²) in [6, 6.07) is 10.1. The molecule has 5 nitrogen and oxygen atoms in total. The number of hydrogen-bond acceptors (Lipinski definition) is 4. The standard InChI is InChI=1S/C15H13N3O2/c1-10-7-11(2)18(17-10)15(20)13(9-16)8-12-5-3-4-6-14(12)19/h3-8,19H,1-2H3/b13-8+. The first-order valence-electron chi connectivity index (χ1n) is 6.00. The van der Waals surface area contributed by atoms with Crippen LogP contribution in [0.1, 0.15) is 21.7 Å². The smallest absolute Gasteiger partial charge is 0.289 e. The van der Waals surface area contributed by atoms with Crippen LogP contribution >= 0.6 is 0 Å². The van der Waals surface area contributed by atoms with Crippen molar-refractivity contribution >= 4 is 12.0 Å². The number of aromatic hydroxyl groups is 1. The van der Waals surface area contributed by atoms with Gasteiger partial charge in [-0.25, -0.2) is 4.68 Å². The van der Waals surface area contributed by atoms with Crippen LogP contribution in [0.5, 0.6) is 5.75 Å². The summed E-state index contributed by atoms with van der Waals surface area (Å²) in [5, 5.41) is 22.9. The third-order valence-corrected chi connectivity index (χ3v) is 2.79. The zero-order chi connectivity index (χ0) is 14.7. The Kier molecular flexibility index (Phi) is 3.67. The number of nitrogens with zero attached hydrogens (tertiary/aromatic N) is 3. The number of para-hydroxylation sites is 1. The Morgan fingerprint density at radius 3 is 2.65 bits per heavy atom. The van der Waals surface area contributed by atoms with Gasteiger partial charge in [0.05, 0.1) is 5.69 Å². The fourth-order valence-electron chi connectivity index (χ4n) is 1.86. The minimum absolute atomic E-state index is 0.0152. The van der Waals surface area contributed by atoms with Crippen LogP contribution in [0.3, 0.4) is 0 Å². The van der Waals surface area contributed by atoms with E-state index < -0.39 is 5.91 Å². The zero-order valence-corrected chi connectivity index (χ0v) is 11.2. The molecule has 2 aromatic rings. The van der Waals surface area contributed by atoms with Crippen LogP contribution in [0.2, 0.25) is 0 Å². The number of benzene rings is 1. The number of allylic oxidation sites excluding steroid dienone is 1. The summed E-state index contributed by atoms with van der Waals surface area (Å²) in [6.07, 6.45) is 1.36. The van der Waals surface area contributed by atoms with Crippen LogP contribution in [0, 0.1) is 25.2 Å². The van der Waals surface area contributed by atoms with Gasteiger partial charge in [0, 0.05) is 11.3 Å². The molecule has 5 heteroatoms. The second kappa shape index (κ2) is 5.41. The topological polar surface area (TPSA) is 78.9 Å². The van der Waals surface area contributed by atoms with Crippen LogP contribution in [-0.4, -0.2) is 20.8 Å². The molecule has 0 spiro atoms. The number of carbonyl (C=O) groups is 1. The molecular weight excluding hydrogens is 254 g/mol. The highest BCUT2D eigenvalue weighted by atomic mass is 16.3. The second-order valence-electron chi connectivity index (χ2n) is 4.37. The lowest BCUT2D eigenvalue weighted by molar-refractivity contribution is 0.0944. The molecule has 0 aliphatic carbocycles. The van der Waals surface area contributed by atoms with Gasteiger partial charge >= 0.3 is 0 Å². The van der Waals surface area contributed by atoms with E-state index in [9.17, 15) is 9.90 Å². The van der Waals surface area contributed by atoms with E-state index in [1.54, 1.807) is 38.1 Å². The molecule has 0 saturated carbocycles. The molecule has 0 unspecified atom stereocenters. The molecule has 0 fully saturated rings. The van der Waals surface area contributed by atoms with E-state index >= 15 is 0 Å². The number of rotatable bonds is 2. The molecule has 0 bridgehead atoms. The van der Waals surface area contributed by atoms with Crippen molar-refractivity contribution in [2.75, 3.05) is 0 Å². The van der Waals surface area contributed by atoms with Gasteiger partial charge in [0.25, 0.3) is 5.91 Å². The van der Waals surface area contributed by atoms with E-state index in [0.717, 1.165) is 0 Å². The molecule has 100 valence electrons. The maximum atomic E-state index is 12.3. The predicted octanol–water partition coefficient (Wildman–Crippen LogP) is 2.45. The van der Waals surface area contributed by atoms with E-state index in [0.29, 0.717) is 17.0 Å². The molecule has 1 heterocycles. The molecular formula is C15H13N3O2. The average Bonchev–Trinajstić information content (AvgIpc) is 2.76. The summed E-state index contributed by atoms with van der Waals surface area (Å²) in [5.41, 5.74) is 1.69. The van der Waals surface area contributed by atoms with Crippen molar-refractivity contribution in [3.8, 4) is 11.8 Å². The summed E-state index contributed by atoms with van der Waals surface area (Å²) >= 11 is 0. The molecule has 0 radical (unpaired) electrons. The molecule has 0 aliphatic heterocycles. The van der Waals surface area contributed by atoms with Crippen LogP contribution in [0.15, 0.2) is 35.9 Å². The molecule has 2 rings (SSSR count). The van der Waals surface area contributed by atoms with Gasteiger partial charge < -0.3 is 5.11 Å². The Labute approximate surface area is 116 Å². The number of nitriles is 1. The summed E-state index contributed by atoms with van der Waals surface area (Å²) < 4.78 is 1.18. The third kappa shape index (κ3) is 2.59. The normalized spacial score (nSPS) is 11.2. The second-order valence-corrected chi connectivity index (χ2v) is 4.37. The molecule has 0 amide bonds. The van der Waals surface area contributed by atoms with Gasteiger partial charge in [0.1, 0.15) is 17.4 Å². The van der Waals surface area contributed by atoms with Crippen LogP contribution in [0.4, 0.5) is 0 Å². The lowest BCUT2D eigenvalue weighted by Gasteiger charge is -2.02. The van der Waals surface area contributed by atoms with Crippen molar-refractivity contribution < 1.29 is 9.90 Å².